The lowest BCUT2D eigenvalue weighted by Crippen LogP contribution is -2.28. The molecule has 0 aromatic carbocycles. The summed E-state index contributed by atoms with van der Waals surface area (Å²) in [6.07, 6.45) is 3.06. The summed E-state index contributed by atoms with van der Waals surface area (Å²) in [6, 6.07) is 0.739. The standard InChI is InChI=1S/C14H26BrN3S/c1-6-7-16-13(9-19-11(4)5)14-12(15)8-17-18(14)10(2)3/h8,10-11,13,16H,6-7,9H2,1-5H3. The molecular weight excluding hydrogens is 322 g/mol. The van der Waals surface area contributed by atoms with Gasteiger partial charge < -0.3 is 5.32 Å². The fourth-order valence-corrected chi connectivity index (χ4v) is 3.33. The number of thioether (sulfide) groups is 1. The lowest BCUT2D eigenvalue weighted by Gasteiger charge is -2.22. The molecule has 1 rings (SSSR count). The Balaban J connectivity index is 2.91. The van der Waals surface area contributed by atoms with E-state index in [-0.39, 0.29) is 0 Å². The third kappa shape index (κ3) is 5.12. The Morgan fingerprint density at radius 3 is 2.58 bits per heavy atom. The molecule has 0 saturated heterocycles. The third-order valence-corrected chi connectivity index (χ3v) is 4.65. The fourth-order valence-electron chi connectivity index (χ4n) is 1.93. The largest absolute Gasteiger partial charge is 0.308 e. The van der Waals surface area contributed by atoms with Crippen LogP contribution in [0.2, 0.25) is 0 Å². The van der Waals surface area contributed by atoms with Gasteiger partial charge in [0, 0.05) is 11.8 Å². The third-order valence-electron chi connectivity index (χ3n) is 2.84. The van der Waals surface area contributed by atoms with Crippen LogP contribution in [0.5, 0.6) is 0 Å². The van der Waals surface area contributed by atoms with Crippen molar-refractivity contribution < 1.29 is 0 Å². The smallest absolute Gasteiger partial charge is 0.0707 e. The molecule has 0 radical (unpaired) electrons. The van der Waals surface area contributed by atoms with E-state index >= 15 is 0 Å². The second-order valence-corrected chi connectivity index (χ2v) is 7.77. The fraction of sp³-hybridized carbons (Fsp3) is 0.786. The van der Waals surface area contributed by atoms with Gasteiger partial charge in [0.1, 0.15) is 0 Å². The van der Waals surface area contributed by atoms with Crippen LogP contribution in [0, 0.1) is 0 Å². The van der Waals surface area contributed by atoms with Gasteiger partial charge in [0.15, 0.2) is 0 Å². The number of aromatic nitrogens is 2. The van der Waals surface area contributed by atoms with Gasteiger partial charge in [0.2, 0.25) is 0 Å². The van der Waals surface area contributed by atoms with Crippen LogP contribution in [-0.4, -0.2) is 27.3 Å². The molecule has 0 spiro atoms. The first kappa shape index (κ1) is 17.1. The van der Waals surface area contributed by atoms with Crippen molar-refractivity contribution >= 4 is 27.7 Å². The highest BCUT2D eigenvalue weighted by atomic mass is 79.9. The molecule has 3 nitrogen and oxygen atoms in total. The number of nitrogens with zero attached hydrogens (tertiary/aromatic N) is 2. The molecule has 0 amide bonds. The van der Waals surface area contributed by atoms with Crippen LogP contribution >= 0.6 is 27.7 Å². The van der Waals surface area contributed by atoms with Crippen LogP contribution in [0.25, 0.3) is 0 Å². The van der Waals surface area contributed by atoms with Crippen molar-refractivity contribution in [1.29, 1.82) is 0 Å². The molecule has 1 N–H and O–H groups in total. The summed E-state index contributed by atoms with van der Waals surface area (Å²) in [5.74, 6) is 1.08. The summed E-state index contributed by atoms with van der Waals surface area (Å²) in [5, 5.41) is 8.80. The average molecular weight is 348 g/mol. The molecule has 110 valence electrons. The lowest BCUT2D eigenvalue weighted by molar-refractivity contribution is 0.462. The van der Waals surface area contributed by atoms with Crippen molar-refractivity contribution in [2.24, 2.45) is 0 Å². The maximum Gasteiger partial charge on any atom is 0.0707 e. The molecule has 0 aliphatic carbocycles. The van der Waals surface area contributed by atoms with E-state index in [9.17, 15) is 0 Å². The normalized spacial score (nSPS) is 13.5. The summed E-state index contributed by atoms with van der Waals surface area (Å²) in [7, 11) is 0. The van der Waals surface area contributed by atoms with E-state index in [0.717, 1.165) is 23.2 Å². The highest BCUT2D eigenvalue weighted by Crippen LogP contribution is 2.29. The molecule has 0 aliphatic heterocycles. The Kier molecular flexibility index (Phi) is 7.47. The SMILES string of the molecule is CCCNC(CSC(C)C)c1c(Br)cnn1C(C)C. The first-order valence-corrected chi connectivity index (χ1v) is 8.89. The molecular formula is C14H26BrN3S. The van der Waals surface area contributed by atoms with Gasteiger partial charge in [-0.05, 0) is 48.0 Å². The summed E-state index contributed by atoms with van der Waals surface area (Å²) >= 11 is 5.65. The molecule has 0 fully saturated rings. The first-order chi connectivity index (χ1) is 8.97. The van der Waals surface area contributed by atoms with E-state index in [0.29, 0.717) is 17.3 Å². The number of halogens is 1. The molecule has 0 saturated carbocycles. The minimum atomic E-state index is 0.353. The van der Waals surface area contributed by atoms with Crippen LogP contribution in [-0.2, 0) is 0 Å². The monoisotopic (exact) mass is 347 g/mol. The Bertz CT molecular complexity index is 377. The maximum absolute atomic E-state index is 4.49. The van der Waals surface area contributed by atoms with Crippen molar-refractivity contribution in [3.63, 3.8) is 0 Å². The van der Waals surface area contributed by atoms with E-state index in [1.165, 1.54) is 5.69 Å². The van der Waals surface area contributed by atoms with Crippen LogP contribution in [0.4, 0.5) is 0 Å². The molecule has 1 aromatic heterocycles. The molecule has 0 bridgehead atoms. The predicted molar refractivity (Wildman–Crippen MR) is 88.9 cm³/mol. The molecule has 1 atom stereocenters. The van der Waals surface area contributed by atoms with Crippen molar-refractivity contribution in [1.82, 2.24) is 15.1 Å². The van der Waals surface area contributed by atoms with Gasteiger partial charge in [0.05, 0.1) is 22.4 Å². The quantitative estimate of drug-likeness (QED) is 0.755. The zero-order chi connectivity index (χ0) is 14.4. The van der Waals surface area contributed by atoms with Gasteiger partial charge >= 0.3 is 0 Å². The Hall–Kier alpha value is 0. The van der Waals surface area contributed by atoms with E-state index in [1.807, 2.05) is 18.0 Å². The Morgan fingerprint density at radius 1 is 1.37 bits per heavy atom. The number of nitrogens with one attached hydrogen (secondary N) is 1. The van der Waals surface area contributed by atoms with E-state index in [4.69, 9.17) is 0 Å². The molecule has 1 unspecified atom stereocenters. The zero-order valence-electron chi connectivity index (χ0n) is 12.6. The van der Waals surface area contributed by atoms with Crippen LogP contribution in [0.1, 0.15) is 58.8 Å². The molecule has 5 heteroatoms. The second-order valence-electron chi connectivity index (χ2n) is 5.30. The highest BCUT2D eigenvalue weighted by Gasteiger charge is 2.21. The van der Waals surface area contributed by atoms with Crippen LogP contribution < -0.4 is 5.32 Å². The predicted octanol–water partition coefficient (Wildman–Crippen LogP) is 4.41. The van der Waals surface area contributed by atoms with Crippen molar-refractivity contribution in [2.45, 2.75) is 58.4 Å². The van der Waals surface area contributed by atoms with Gasteiger partial charge in [0.25, 0.3) is 0 Å². The highest BCUT2D eigenvalue weighted by molar-refractivity contribution is 9.10. The van der Waals surface area contributed by atoms with Gasteiger partial charge in [-0.3, -0.25) is 4.68 Å². The number of hydrogen-bond acceptors (Lipinski definition) is 3. The van der Waals surface area contributed by atoms with Gasteiger partial charge in [-0.25, -0.2) is 0 Å². The van der Waals surface area contributed by atoms with Crippen molar-refractivity contribution in [3.05, 3.63) is 16.4 Å². The minimum absolute atomic E-state index is 0.353. The first-order valence-electron chi connectivity index (χ1n) is 7.05. The summed E-state index contributed by atoms with van der Waals surface area (Å²) in [6.45, 7) is 12.1. The number of hydrogen-bond donors (Lipinski definition) is 1. The van der Waals surface area contributed by atoms with Crippen LogP contribution in [0.3, 0.4) is 0 Å². The molecule has 1 heterocycles. The van der Waals surface area contributed by atoms with E-state index in [1.54, 1.807) is 0 Å². The van der Waals surface area contributed by atoms with Crippen molar-refractivity contribution in [3.8, 4) is 0 Å². The molecule has 1 aromatic rings. The topological polar surface area (TPSA) is 29.9 Å². The summed E-state index contributed by atoms with van der Waals surface area (Å²) in [5.41, 5.74) is 1.27. The lowest BCUT2D eigenvalue weighted by atomic mass is 10.2. The van der Waals surface area contributed by atoms with Gasteiger partial charge in [-0.2, -0.15) is 16.9 Å². The second kappa shape index (κ2) is 8.32. The maximum atomic E-state index is 4.49. The van der Waals surface area contributed by atoms with Crippen LogP contribution in [0.15, 0.2) is 10.7 Å². The van der Waals surface area contributed by atoms with Gasteiger partial charge in [-0.15, -0.1) is 0 Å². The molecule has 19 heavy (non-hydrogen) atoms. The molecule has 0 aliphatic rings. The summed E-state index contributed by atoms with van der Waals surface area (Å²) in [4.78, 5) is 0. The minimum Gasteiger partial charge on any atom is -0.308 e. The average Bonchev–Trinajstić information content (AvgIpc) is 2.71. The zero-order valence-corrected chi connectivity index (χ0v) is 15.0. The van der Waals surface area contributed by atoms with Gasteiger partial charge in [-0.1, -0.05) is 20.8 Å². The summed E-state index contributed by atoms with van der Waals surface area (Å²) < 4.78 is 3.23. The Morgan fingerprint density at radius 2 is 2.05 bits per heavy atom. The van der Waals surface area contributed by atoms with E-state index in [2.05, 4.69) is 65.6 Å². The number of rotatable bonds is 8. The van der Waals surface area contributed by atoms with Crippen molar-refractivity contribution in [2.75, 3.05) is 12.3 Å². The Labute approximate surface area is 130 Å². The van der Waals surface area contributed by atoms with E-state index < -0.39 is 0 Å².